The van der Waals surface area contributed by atoms with Crippen LogP contribution in [-0.2, 0) is 29.3 Å². The van der Waals surface area contributed by atoms with Crippen LogP contribution in [-0.4, -0.2) is 67.2 Å². The Kier molecular flexibility index (Phi) is 9.30. The SMILES string of the molecule is COc1ccc(C23C(=O)N(Nc4ccc(Cl)cc4Cl)C(=O)C2CC2C(=CCC4C(=O)N(c5ccc(N6CCOCC6)cc5)C(=O)C42)C3c2ccc(O)c(C)c2)cc1. The van der Waals surface area contributed by atoms with Gasteiger partial charge in [0.05, 0.1) is 59.9 Å². The van der Waals surface area contributed by atoms with Crippen molar-refractivity contribution in [3.8, 4) is 11.5 Å². The van der Waals surface area contributed by atoms with Gasteiger partial charge in [-0.1, -0.05) is 59.1 Å². The van der Waals surface area contributed by atoms with Crippen LogP contribution in [0.5, 0.6) is 11.5 Å². The van der Waals surface area contributed by atoms with Gasteiger partial charge in [0.1, 0.15) is 11.5 Å². The molecule has 2 N–H and O–H groups in total. The molecule has 4 fully saturated rings. The van der Waals surface area contributed by atoms with Gasteiger partial charge < -0.3 is 19.5 Å². The summed E-state index contributed by atoms with van der Waals surface area (Å²) in [4.78, 5) is 63.0. The third-order valence-electron chi connectivity index (χ3n) is 12.6. The van der Waals surface area contributed by atoms with Gasteiger partial charge in [-0.05, 0) is 103 Å². The summed E-state index contributed by atoms with van der Waals surface area (Å²) in [6.45, 7) is 4.55. The predicted octanol–water partition coefficient (Wildman–Crippen LogP) is 7.04. The number of halogens is 2. The molecule has 2 aliphatic carbocycles. The standard InChI is InChI=1S/C44H40Cl2N4O7/c1-24-21-25(3-16-37(24)51)39-31-13-14-32-38(42(54)49(40(32)52)29-9-7-28(8-10-29)48-17-19-57-20-18-48)33(31)23-34-41(53)50(47-36-15-6-27(45)22-35(36)46)43(55)44(34,39)26-4-11-30(56-2)12-5-26/h3-13,15-16,21-22,32-34,38-39,47,51H,14,17-20,23H2,1-2H3. The van der Waals surface area contributed by atoms with Gasteiger partial charge in [-0.3, -0.25) is 29.5 Å². The number of phenols is 1. The number of aromatic hydroxyl groups is 1. The number of amides is 4. The van der Waals surface area contributed by atoms with E-state index < -0.39 is 46.8 Å². The molecule has 3 saturated heterocycles. The molecule has 4 amide bonds. The lowest BCUT2D eigenvalue weighted by Crippen LogP contribution is -2.53. The van der Waals surface area contributed by atoms with Crippen LogP contribution >= 0.6 is 23.2 Å². The quantitative estimate of drug-likeness (QED) is 0.149. The molecule has 13 heteroatoms. The highest BCUT2D eigenvalue weighted by molar-refractivity contribution is 6.36. The van der Waals surface area contributed by atoms with Gasteiger partial charge in [0, 0.05) is 29.7 Å². The number of carbonyl (C=O) groups excluding carboxylic acids is 4. The average molecular weight is 808 g/mol. The average Bonchev–Trinajstić information content (AvgIpc) is 3.60. The lowest BCUT2D eigenvalue weighted by Gasteiger charge is -2.50. The Morgan fingerprint density at radius 2 is 1.56 bits per heavy atom. The number of nitrogens with one attached hydrogen (secondary N) is 1. The summed E-state index contributed by atoms with van der Waals surface area (Å²) in [5.74, 6) is -4.62. The molecule has 3 heterocycles. The van der Waals surface area contributed by atoms with Crippen molar-refractivity contribution in [2.45, 2.75) is 31.1 Å². The molecule has 0 spiro atoms. The highest BCUT2D eigenvalue weighted by atomic mass is 35.5. The van der Waals surface area contributed by atoms with Crippen LogP contribution in [0, 0.1) is 30.6 Å². The van der Waals surface area contributed by atoms with Gasteiger partial charge in [0.2, 0.25) is 11.8 Å². The van der Waals surface area contributed by atoms with Crippen molar-refractivity contribution < 1.29 is 33.8 Å². The summed E-state index contributed by atoms with van der Waals surface area (Å²) in [6.07, 6.45) is 2.43. The van der Waals surface area contributed by atoms with E-state index in [0.29, 0.717) is 52.1 Å². The first-order valence-corrected chi connectivity index (χ1v) is 19.8. The van der Waals surface area contributed by atoms with Crippen LogP contribution in [0.2, 0.25) is 10.0 Å². The van der Waals surface area contributed by atoms with Gasteiger partial charge in [-0.15, -0.1) is 0 Å². The van der Waals surface area contributed by atoms with E-state index in [1.165, 1.54) is 11.0 Å². The Labute approximate surface area is 339 Å². The molecular weight excluding hydrogens is 767 g/mol. The minimum absolute atomic E-state index is 0.0835. The first-order chi connectivity index (χ1) is 27.5. The van der Waals surface area contributed by atoms with Gasteiger partial charge in [-0.2, -0.15) is 5.01 Å². The maximum atomic E-state index is 15.5. The number of morpholine rings is 1. The largest absolute Gasteiger partial charge is 0.508 e. The fourth-order valence-corrected chi connectivity index (χ4v) is 10.4. The minimum Gasteiger partial charge on any atom is -0.508 e. The molecular formula is C44H40Cl2N4O7. The summed E-state index contributed by atoms with van der Waals surface area (Å²) >= 11 is 12.8. The number of fused-ring (bicyclic) bond motifs is 4. The van der Waals surface area contributed by atoms with E-state index >= 15 is 9.59 Å². The number of ether oxygens (including phenoxy) is 2. The number of benzene rings is 4. The number of carbonyl (C=O) groups is 4. The molecule has 4 aromatic carbocycles. The van der Waals surface area contributed by atoms with Crippen molar-refractivity contribution in [1.29, 1.82) is 0 Å². The number of hydrogen-bond acceptors (Lipinski definition) is 9. The van der Waals surface area contributed by atoms with Crippen molar-refractivity contribution >= 4 is 63.9 Å². The Bertz CT molecular complexity index is 2350. The number of rotatable bonds is 7. The first kappa shape index (κ1) is 37.2. The van der Waals surface area contributed by atoms with E-state index in [9.17, 15) is 14.7 Å². The van der Waals surface area contributed by atoms with Gasteiger partial charge in [-0.25, -0.2) is 0 Å². The van der Waals surface area contributed by atoms with E-state index in [1.807, 2.05) is 48.5 Å². The second-order valence-corrected chi connectivity index (χ2v) is 16.2. The van der Waals surface area contributed by atoms with E-state index in [1.54, 1.807) is 50.4 Å². The Hall–Kier alpha value is -5.36. The Balaban J connectivity index is 1.17. The van der Waals surface area contributed by atoms with E-state index in [0.717, 1.165) is 29.4 Å². The molecule has 9 rings (SSSR count). The lowest BCUT2D eigenvalue weighted by atomic mass is 9.49. The fraction of sp³-hybridized carbons (Fsp3) is 0.318. The molecule has 11 nitrogen and oxygen atoms in total. The van der Waals surface area contributed by atoms with Crippen LogP contribution in [0.15, 0.2) is 96.6 Å². The monoisotopic (exact) mass is 806 g/mol. The van der Waals surface area contributed by atoms with E-state index in [4.69, 9.17) is 32.7 Å². The van der Waals surface area contributed by atoms with Crippen molar-refractivity contribution in [3.05, 3.63) is 123 Å². The van der Waals surface area contributed by atoms with Crippen molar-refractivity contribution in [3.63, 3.8) is 0 Å². The number of hydrogen-bond donors (Lipinski definition) is 2. The van der Waals surface area contributed by atoms with E-state index in [-0.39, 0.29) is 35.4 Å². The van der Waals surface area contributed by atoms with Crippen LogP contribution in [0.4, 0.5) is 17.1 Å². The predicted molar refractivity (Wildman–Crippen MR) is 215 cm³/mol. The van der Waals surface area contributed by atoms with Gasteiger partial charge >= 0.3 is 0 Å². The normalized spacial score (nSPS) is 26.9. The molecule has 0 bridgehead atoms. The third kappa shape index (κ3) is 5.81. The first-order valence-electron chi connectivity index (χ1n) is 19.1. The summed E-state index contributed by atoms with van der Waals surface area (Å²) in [5.41, 5.74) is 5.99. The molecule has 0 radical (unpaired) electrons. The smallest absolute Gasteiger partial charge is 0.260 e. The summed E-state index contributed by atoms with van der Waals surface area (Å²) < 4.78 is 11.0. The minimum atomic E-state index is -1.51. The second-order valence-electron chi connectivity index (χ2n) is 15.4. The second kappa shape index (κ2) is 14.2. The number of hydrazine groups is 1. The van der Waals surface area contributed by atoms with Crippen molar-refractivity contribution in [2.24, 2.45) is 23.7 Å². The third-order valence-corrected chi connectivity index (χ3v) is 13.2. The van der Waals surface area contributed by atoms with Crippen molar-refractivity contribution in [2.75, 3.05) is 48.6 Å². The summed E-state index contributed by atoms with van der Waals surface area (Å²) in [7, 11) is 1.56. The molecule has 57 heavy (non-hydrogen) atoms. The number of allylic oxidation sites excluding steroid dienone is 2. The zero-order valence-electron chi connectivity index (χ0n) is 31.3. The van der Waals surface area contributed by atoms with Crippen LogP contribution in [0.1, 0.15) is 35.4 Å². The number of nitrogens with zero attached hydrogens (tertiary/aromatic N) is 3. The zero-order valence-corrected chi connectivity index (χ0v) is 32.8. The molecule has 5 aliphatic rings. The maximum Gasteiger partial charge on any atom is 0.260 e. The van der Waals surface area contributed by atoms with Crippen LogP contribution in [0.25, 0.3) is 0 Å². The van der Waals surface area contributed by atoms with E-state index in [2.05, 4.69) is 10.3 Å². The lowest BCUT2D eigenvalue weighted by molar-refractivity contribution is -0.138. The van der Waals surface area contributed by atoms with Crippen LogP contribution < -0.4 is 20.0 Å². The number of phenolic OH excluding ortho intramolecular Hbond substituents is 1. The molecule has 6 unspecified atom stereocenters. The maximum absolute atomic E-state index is 15.5. The molecule has 0 aromatic heterocycles. The van der Waals surface area contributed by atoms with Crippen LogP contribution in [0.3, 0.4) is 0 Å². The number of anilines is 3. The highest BCUT2D eigenvalue weighted by Crippen LogP contribution is 2.64. The zero-order chi connectivity index (χ0) is 39.7. The van der Waals surface area contributed by atoms with Gasteiger partial charge in [0.15, 0.2) is 0 Å². The summed E-state index contributed by atoms with van der Waals surface area (Å²) in [6, 6.07) is 24.6. The molecule has 6 atom stereocenters. The summed E-state index contributed by atoms with van der Waals surface area (Å²) in [5, 5.41) is 12.3. The number of aryl methyl sites for hydroxylation is 1. The number of methoxy groups -OCH3 is 1. The number of imide groups is 2. The molecule has 292 valence electrons. The molecule has 3 aliphatic heterocycles. The molecule has 1 saturated carbocycles. The highest BCUT2D eigenvalue weighted by Gasteiger charge is 2.70. The topological polar surface area (TPSA) is 129 Å². The van der Waals surface area contributed by atoms with Gasteiger partial charge in [0.25, 0.3) is 11.8 Å². The fourth-order valence-electron chi connectivity index (χ4n) is 9.97. The Morgan fingerprint density at radius 3 is 2.25 bits per heavy atom. The molecule has 4 aromatic rings. The Morgan fingerprint density at radius 1 is 0.842 bits per heavy atom. The van der Waals surface area contributed by atoms with Crippen molar-refractivity contribution in [1.82, 2.24) is 5.01 Å².